The van der Waals surface area contributed by atoms with E-state index in [1.165, 1.54) is 49.6 Å². The minimum Gasteiger partial charge on any atom is -0.497 e. The lowest BCUT2D eigenvalue weighted by atomic mass is 10.1. The normalized spacial score (nSPS) is 11.9. The number of methoxy groups -OCH3 is 1. The molecular formula is C22H18F3N5O3S. The van der Waals surface area contributed by atoms with Crippen molar-refractivity contribution in [2.45, 2.75) is 11.1 Å². The summed E-state index contributed by atoms with van der Waals surface area (Å²) in [4.78, 5) is 3.99. The molecule has 0 saturated carbocycles. The summed E-state index contributed by atoms with van der Waals surface area (Å²) in [5, 5.41) is 4.25. The van der Waals surface area contributed by atoms with Crippen molar-refractivity contribution in [1.29, 1.82) is 0 Å². The highest BCUT2D eigenvalue weighted by molar-refractivity contribution is 7.92. The summed E-state index contributed by atoms with van der Waals surface area (Å²) in [5.41, 5.74) is 6.34. The molecule has 0 aliphatic heterocycles. The second-order valence-corrected chi connectivity index (χ2v) is 8.81. The van der Waals surface area contributed by atoms with E-state index in [0.29, 0.717) is 22.7 Å². The first-order chi connectivity index (χ1) is 16.1. The van der Waals surface area contributed by atoms with Crippen LogP contribution in [0.1, 0.15) is 5.56 Å². The van der Waals surface area contributed by atoms with E-state index in [-0.39, 0.29) is 16.5 Å². The molecule has 0 aliphatic rings. The molecule has 0 radical (unpaired) electrons. The SMILES string of the molecule is COc1ccc(S(=O)(=O)Nc2ccc(-c3cc(N)n(-c4cc(C(F)(F)F)ccn4)n3)cc2)cc1. The Bertz CT molecular complexity index is 1420. The number of hydrogen-bond acceptors (Lipinski definition) is 6. The van der Waals surface area contributed by atoms with Gasteiger partial charge in [0.05, 0.1) is 23.3 Å². The molecule has 8 nitrogen and oxygen atoms in total. The fourth-order valence-corrected chi connectivity index (χ4v) is 4.17. The van der Waals surface area contributed by atoms with Gasteiger partial charge in [-0.2, -0.15) is 23.0 Å². The van der Waals surface area contributed by atoms with Crippen molar-refractivity contribution in [3.05, 3.63) is 78.5 Å². The molecule has 12 heteroatoms. The molecule has 0 atom stereocenters. The molecule has 176 valence electrons. The predicted octanol–water partition coefficient (Wildman–Crippen LogP) is 4.34. The van der Waals surface area contributed by atoms with Gasteiger partial charge in [-0.05, 0) is 48.5 Å². The minimum atomic E-state index is -4.53. The predicted molar refractivity (Wildman–Crippen MR) is 120 cm³/mol. The maximum absolute atomic E-state index is 13.0. The molecule has 2 aromatic heterocycles. The third-order valence-corrected chi connectivity index (χ3v) is 6.23. The van der Waals surface area contributed by atoms with Crippen LogP contribution in [0.2, 0.25) is 0 Å². The molecule has 2 aromatic carbocycles. The summed E-state index contributed by atoms with van der Waals surface area (Å²) >= 11 is 0. The number of ether oxygens (including phenoxy) is 1. The first kappa shape index (κ1) is 23.1. The number of rotatable bonds is 6. The van der Waals surface area contributed by atoms with E-state index in [2.05, 4.69) is 14.8 Å². The van der Waals surface area contributed by atoms with Gasteiger partial charge in [0.25, 0.3) is 10.0 Å². The third kappa shape index (κ3) is 4.81. The van der Waals surface area contributed by atoms with Crippen LogP contribution in [-0.4, -0.2) is 30.3 Å². The molecule has 0 aliphatic carbocycles. The zero-order valence-corrected chi connectivity index (χ0v) is 18.4. The Labute approximate surface area is 192 Å². The molecule has 3 N–H and O–H groups in total. The molecule has 4 rings (SSSR count). The lowest BCUT2D eigenvalue weighted by Crippen LogP contribution is -2.12. The largest absolute Gasteiger partial charge is 0.497 e. The molecule has 0 saturated heterocycles. The van der Waals surface area contributed by atoms with Crippen LogP contribution < -0.4 is 15.2 Å². The highest BCUT2D eigenvalue weighted by atomic mass is 32.2. The van der Waals surface area contributed by atoms with Gasteiger partial charge < -0.3 is 10.5 Å². The van der Waals surface area contributed by atoms with E-state index in [0.717, 1.165) is 23.0 Å². The summed E-state index contributed by atoms with van der Waals surface area (Å²) in [7, 11) is -2.33. The molecule has 0 fully saturated rings. The Hall–Kier alpha value is -4.06. The van der Waals surface area contributed by atoms with Crippen molar-refractivity contribution in [3.8, 4) is 22.8 Å². The number of nitrogens with two attached hydrogens (primary N) is 1. The molecule has 0 unspecified atom stereocenters. The number of aromatic nitrogens is 3. The summed E-state index contributed by atoms with van der Waals surface area (Å²) in [5.74, 6) is 0.538. The van der Waals surface area contributed by atoms with E-state index >= 15 is 0 Å². The van der Waals surface area contributed by atoms with E-state index in [9.17, 15) is 21.6 Å². The van der Waals surface area contributed by atoms with Crippen LogP contribution in [-0.2, 0) is 16.2 Å². The maximum Gasteiger partial charge on any atom is 0.416 e. The fourth-order valence-electron chi connectivity index (χ4n) is 3.11. The standard InChI is InChI=1S/C22H18F3N5O3S/c1-33-17-6-8-18(9-7-17)34(31,32)29-16-4-2-14(3-5-16)19-13-20(26)30(28-19)21-12-15(10-11-27-21)22(23,24)25/h2-13,29H,26H2,1H3. The second-order valence-electron chi connectivity index (χ2n) is 7.13. The average molecular weight is 489 g/mol. The smallest absolute Gasteiger partial charge is 0.416 e. The zero-order valence-electron chi connectivity index (χ0n) is 17.6. The first-order valence-corrected chi connectivity index (χ1v) is 11.2. The number of nitrogens with one attached hydrogen (secondary N) is 1. The van der Waals surface area contributed by atoms with E-state index < -0.39 is 21.8 Å². The van der Waals surface area contributed by atoms with Crippen molar-refractivity contribution in [2.24, 2.45) is 0 Å². The molecule has 2 heterocycles. The van der Waals surface area contributed by atoms with E-state index in [4.69, 9.17) is 10.5 Å². The molecule has 0 bridgehead atoms. The van der Waals surface area contributed by atoms with Gasteiger partial charge in [-0.3, -0.25) is 4.72 Å². The summed E-state index contributed by atoms with van der Waals surface area (Å²) < 4.78 is 72.8. The van der Waals surface area contributed by atoms with Crippen LogP contribution >= 0.6 is 0 Å². The zero-order chi connectivity index (χ0) is 24.5. The molecule has 4 aromatic rings. The Morgan fingerprint density at radius 1 is 1.00 bits per heavy atom. The van der Waals surface area contributed by atoms with Crippen molar-refractivity contribution >= 4 is 21.5 Å². The van der Waals surface area contributed by atoms with Gasteiger partial charge in [0, 0.05) is 23.5 Å². The lowest BCUT2D eigenvalue weighted by molar-refractivity contribution is -0.137. The van der Waals surface area contributed by atoms with Crippen LogP contribution in [0.4, 0.5) is 24.7 Å². The van der Waals surface area contributed by atoms with Gasteiger partial charge in [0.15, 0.2) is 5.82 Å². The van der Waals surface area contributed by atoms with E-state index in [1.54, 1.807) is 12.1 Å². The quantitative estimate of drug-likeness (QED) is 0.417. The minimum absolute atomic E-state index is 0.0671. The molecule has 34 heavy (non-hydrogen) atoms. The highest BCUT2D eigenvalue weighted by Crippen LogP contribution is 2.31. The summed E-state index contributed by atoms with van der Waals surface area (Å²) in [6, 6.07) is 15.4. The van der Waals surface area contributed by atoms with E-state index in [1.807, 2.05) is 0 Å². The Morgan fingerprint density at radius 3 is 2.29 bits per heavy atom. The van der Waals surface area contributed by atoms with Crippen LogP contribution in [0.25, 0.3) is 17.1 Å². The summed E-state index contributed by atoms with van der Waals surface area (Å²) in [6.07, 6.45) is -3.50. The Kier molecular flexibility index (Phi) is 5.92. The van der Waals surface area contributed by atoms with Gasteiger partial charge in [0.2, 0.25) is 0 Å². The summed E-state index contributed by atoms with van der Waals surface area (Å²) in [6.45, 7) is 0. The number of nitrogen functional groups attached to an aromatic ring is 1. The van der Waals surface area contributed by atoms with Crippen molar-refractivity contribution in [2.75, 3.05) is 17.6 Å². The number of halogens is 3. The fraction of sp³-hybridized carbons (Fsp3) is 0.0909. The average Bonchev–Trinajstić information content (AvgIpc) is 3.20. The number of hydrogen-bond donors (Lipinski definition) is 2. The topological polar surface area (TPSA) is 112 Å². The third-order valence-electron chi connectivity index (χ3n) is 4.83. The van der Waals surface area contributed by atoms with Gasteiger partial charge >= 0.3 is 6.18 Å². The number of sulfonamides is 1. The molecule has 0 spiro atoms. The van der Waals surface area contributed by atoms with Gasteiger partial charge in [0.1, 0.15) is 11.6 Å². The van der Waals surface area contributed by atoms with Crippen molar-refractivity contribution in [3.63, 3.8) is 0 Å². The number of benzene rings is 2. The number of nitrogens with zero attached hydrogens (tertiary/aromatic N) is 3. The highest BCUT2D eigenvalue weighted by Gasteiger charge is 2.31. The van der Waals surface area contributed by atoms with Gasteiger partial charge in [-0.1, -0.05) is 12.1 Å². The molecule has 0 amide bonds. The van der Waals surface area contributed by atoms with Crippen LogP contribution in [0.15, 0.2) is 77.8 Å². The number of alkyl halides is 3. The number of pyridine rings is 1. The Balaban J connectivity index is 1.56. The Morgan fingerprint density at radius 2 is 1.68 bits per heavy atom. The van der Waals surface area contributed by atoms with Crippen LogP contribution in [0, 0.1) is 0 Å². The van der Waals surface area contributed by atoms with Gasteiger partial charge in [-0.15, -0.1) is 0 Å². The molecular weight excluding hydrogens is 471 g/mol. The van der Waals surface area contributed by atoms with Crippen molar-refractivity contribution < 1.29 is 26.3 Å². The van der Waals surface area contributed by atoms with Gasteiger partial charge in [-0.25, -0.2) is 13.4 Å². The first-order valence-electron chi connectivity index (χ1n) is 9.73. The monoisotopic (exact) mass is 489 g/mol. The van der Waals surface area contributed by atoms with Crippen LogP contribution in [0.3, 0.4) is 0 Å². The second kappa shape index (κ2) is 8.71. The maximum atomic E-state index is 13.0. The lowest BCUT2D eigenvalue weighted by Gasteiger charge is -2.09. The number of anilines is 2. The van der Waals surface area contributed by atoms with Crippen LogP contribution in [0.5, 0.6) is 5.75 Å². The van der Waals surface area contributed by atoms with Crippen molar-refractivity contribution in [1.82, 2.24) is 14.8 Å².